The van der Waals surface area contributed by atoms with Crippen LogP contribution in [0.25, 0.3) is 22.0 Å². The Balaban J connectivity index is 1.88. The van der Waals surface area contributed by atoms with Crippen LogP contribution >= 0.6 is 0 Å². The Labute approximate surface area is 186 Å². The van der Waals surface area contributed by atoms with Crippen molar-refractivity contribution < 1.29 is 17.9 Å². The molecule has 2 N–H and O–H groups in total. The van der Waals surface area contributed by atoms with Crippen molar-refractivity contribution in [3.05, 3.63) is 47.8 Å². The summed E-state index contributed by atoms with van der Waals surface area (Å²) in [5.41, 5.74) is 3.70. The van der Waals surface area contributed by atoms with Crippen LogP contribution in [0, 0.1) is 11.3 Å². The second-order valence-corrected chi connectivity index (χ2v) is 9.37. The zero-order chi connectivity index (χ0) is 22.9. The van der Waals surface area contributed by atoms with Gasteiger partial charge >= 0.3 is 0 Å². The van der Waals surface area contributed by atoms with Gasteiger partial charge in [0.2, 0.25) is 15.9 Å². The van der Waals surface area contributed by atoms with Gasteiger partial charge in [0.05, 0.1) is 37.2 Å². The van der Waals surface area contributed by atoms with E-state index < -0.39 is 10.0 Å². The Morgan fingerprint density at radius 1 is 1.25 bits per heavy atom. The van der Waals surface area contributed by atoms with E-state index in [9.17, 15) is 13.7 Å². The van der Waals surface area contributed by atoms with Gasteiger partial charge in [0.1, 0.15) is 11.8 Å². The Hall–Kier alpha value is -3.26. The number of sulfonamides is 1. The van der Waals surface area contributed by atoms with Crippen LogP contribution in [-0.2, 0) is 14.8 Å². The molecule has 166 valence electrons. The summed E-state index contributed by atoms with van der Waals surface area (Å²) in [6.45, 7) is 3.32. The van der Waals surface area contributed by atoms with E-state index in [1.54, 1.807) is 18.5 Å². The van der Waals surface area contributed by atoms with E-state index >= 15 is 0 Å². The standard InChI is InChI=1S/C22H23N5O4S/c1-13-21(31-7-6-24-13)20-16(10-23)12-25-18-5-4-14(8-17(18)20)15-9-19(27-32(3,28)29)22(30-2)26-11-15/h4-5,8-9,11-13,21,24,27H,6-7H2,1-3H3/t13?,21-/m0/s1. The molecule has 1 unspecified atom stereocenters. The largest absolute Gasteiger partial charge is 0.480 e. The van der Waals surface area contributed by atoms with Crippen LogP contribution in [0.1, 0.15) is 24.2 Å². The summed E-state index contributed by atoms with van der Waals surface area (Å²) >= 11 is 0. The topological polar surface area (TPSA) is 126 Å². The van der Waals surface area contributed by atoms with Gasteiger partial charge in [-0.1, -0.05) is 6.07 Å². The van der Waals surface area contributed by atoms with Crippen molar-refractivity contribution in [2.24, 2.45) is 0 Å². The fraction of sp³-hybridized carbons (Fsp3) is 0.318. The molecule has 3 aromatic rings. The lowest BCUT2D eigenvalue weighted by Crippen LogP contribution is -2.41. The molecule has 1 aromatic carbocycles. The molecule has 0 spiro atoms. The summed E-state index contributed by atoms with van der Waals surface area (Å²) in [5, 5.41) is 13.9. The summed E-state index contributed by atoms with van der Waals surface area (Å²) in [5.74, 6) is 0.171. The predicted octanol–water partition coefficient (Wildman–Crippen LogP) is 2.60. The fourth-order valence-corrected chi connectivity index (χ4v) is 4.44. The summed E-state index contributed by atoms with van der Waals surface area (Å²) < 4.78 is 37.2. The minimum Gasteiger partial charge on any atom is -0.480 e. The number of nitrogens with zero attached hydrogens (tertiary/aromatic N) is 3. The number of ether oxygens (including phenoxy) is 2. The Kier molecular flexibility index (Phi) is 5.97. The normalized spacial score (nSPS) is 18.8. The van der Waals surface area contributed by atoms with Gasteiger partial charge < -0.3 is 14.8 Å². The number of methoxy groups -OCH3 is 1. The fourth-order valence-electron chi connectivity index (χ4n) is 3.89. The molecule has 0 bridgehead atoms. The highest BCUT2D eigenvalue weighted by molar-refractivity contribution is 7.92. The number of hydrogen-bond acceptors (Lipinski definition) is 8. The van der Waals surface area contributed by atoms with Crippen molar-refractivity contribution in [1.29, 1.82) is 5.26 Å². The third kappa shape index (κ3) is 4.36. The highest BCUT2D eigenvalue weighted by atomic mass is 32.2. The number of hydrogen-bond donors (Lipinski definition) is 2. The number of aromatic nitrogens is 2. The number of rotatable bonds is 5. The number of nitrogens with one attached hydrogen (secondary N) is 2. The molecule has 1 aliphatic rings. The van der Waals surface area contributed by atoms with Gasteiger partial charge in [-0.05, 0) is 30.7 Å². The minimum absolute atomic E-state index is 0.0262. The first-order valence-corrected chi connectivity index (χ1v) is 11.9. The van der Waals surface area contributed by atoms with Crippen LogP contribution in [0.3, 0.4) is 0 Å². The second kappa shape index (κ2) is 8.70. The molecule has 0 saturated carbocycles. The van der Waals surface area contributed by atoms with Crippen molar-refractivity contribution in [2.45, 2.75) is 19.1 Å². The Bertz CT molecular complexity index is 1320. The van der Waals surface area contributed by atoms with Gasteiger partial charge in [-0.25, -0.2) is 13.4 Å². The van der Waals surface area contributed by atoms with E-state index in [1.807, 2.05) is 25.1 Å². The van der Waals surface area contributed by atoms with Gasteiger partial charge in [0.25, 0.3) is 0 Å². The molecule has 10 heteroatoms. The number of nitriles is 1. The summed E-state index contributed by atoms with van der Waals surface area (Å²) in [7, 11) is -2.10. The van der Waals surface area contributed by atoms with Crippen LogP contribution in [0.15, 0.2) is 36.7 Å². The summed E-state index contributed by atoms with van der Waals surface area (Å²) in [4.78, 5) is 8.68. The van der Waals surface area contributed by atoms with E-state index in [2.05, 4.69) is 26.1 Å². The van der Waals surface area contributed by atoms with Gasteiger partial charge in [0.15, 0.2) is 0 Å². The average molecular weight is 454 g/mol. The molecule has 2 aromatic heterocycles. The van der Waals surface area contributed by atoms with E-state index in [0.29, 0.717) is 17.7 Å². The molecular formula is C22H23N5O4S. The zero-order valence-corrected chi connectivity index (χ0v) is 18.7. The first-order chi connectivity index (χ1) is 15.3. The molecule has 0 aliphatic carbocycles. The molecule has 4 rings (SSSR count). The van der Waals surface area contributed by atoms with E-state index in [4.69, 9.17) is 9.47 Å². The van der Waals surface area contributed by atoms with Crippen LogP contribution < -0.4 is 14.8 Å². The Morgan fingerprint density at radius 3 is 2.75 bits per heavy atom. The SMILES string of the molecule is COc1ncc(-c2ccc3ncc(C#N)c([C@H]4OCCNC4C)c3c2)cc1NS(C)(=O)=O. The molecule has 32 heavy (non-hydrogen) atoms. The van der Waals surface area contributed by atoms with Crippen molar-refractivity contribution in [3.8, 4) is 23.1 Å². The molecule has 3 heterocycles. The number of anilines is 1. The third-order valence-electron chi connectivity index (χ3n) is 5.31. The number of pyridine rings is 2. The molecule has 0 radical (unpaired) electrons. The third-order valence-corrected chi connectivity index (χ3v) is 5.90. The zero-order valence-electron chi connectivity index (χ0n) is 17.9. The lowest BCUT2D eigenvalue weighted by molar-refractivity contribution is 0.000486. The molecule has 1 fully saturated rings. The number of benzene rings is 1. The lowest BCUT2D eigenvalue weighted by atomic mass is 9.92. The van der Waals surface area contributed by atoms with Crippen LogP contribution in [0.4, 0.5) is 5.69 Å². The molecule has 9 nitrogen and oxygen atoms in total. The van der Waals surface area contributed by atoms with Crippen LogP contribution in [-0.4, -0.2) is 50.9 Å². The number of fused-ring (bicyclic) bond motifs is 1. The maximum Gasteiger partial charge on any atom is 0.238 e. The highest BCUT2D eigenvalue weighted by Gasteiger charge is 2.28. The quantitative estimate of drug-likeness (QED) is 0.604. The van der Waals surface area contributed by atoms with E-state index in [0.717, 1.165) is 34.8 Å². The first-order valence-electron chi connectivity index (χ1n) is 10.0. The van der Waals surface area contributed by atoms with Crippen molar-refractivity contribution in [1.82, 2.24) is 15.3 Å². The van der Waals surface area contributed by atoms with E-state index in [-0.39, 0.29) is 23.7 Å². The molecule has 1 saturated heterocycles. The number of morpholine rings is 1. The first kappa shape index (κ1) is 22.0. The van der Waals surface area contributed by atoms with Gasteiger partial charge in [-0.15, -0.1) is 0 Å². The maximum absolute atomic E-state index is 11.8. The van der Waals surface area contributed by atoms with Crippen LogP contribution in [0.2, 0.25) is 0 Å². The summed E-state index contributed by atoms with van der Waals surface area (Å²) in [6, 6.07) is 9.60. The smallest absolute Gasteiger partial charge is 0.238 e. The molecule has 0 amide bonds. The van der Waals surface area contributed by atoms with Crippen molar-refractivity contribution >= 4 is 26.6 Å². The Morgan fingerprint density at radius 2 is 2.06 bits per heavy atom. The lowest BCUT2D eigenvalue weighted by Gasteiger charge is -2.31. The molecule has 1 aliphatic heterocycles. The predicted molar refractivity (Wildman–Crippen MR) is 121 cm³/mol. The van der Waals surface area contributed by atoms with Crippen LogP contribution in [0.5, 0.6) is 5.88 Å². The van der Waals surface area contributed by atoms with Crippen molar-refractivity contribution in [2.75, 3.05) is 31.2 Å². The van der Waals surface area contributed by atoms with Crippen molar-refractivity contribution in [3.63, 3.8) is 0 Å². The van der Waals surface area contributed by atoms with Gasteiger partial charge in [-0.3, -0.25) is 9.71 Å². The molecule has 2 atom stereocenters. The maximum atomic E-state index is 11.8. The van der Waals surface area contributed by atoms with E-state index in [1.165, 1.54) is 7.11 Å². The minimum atomic E-state index is -3.52. The van der Waals surface area contributed by atoms with Gasteiger partial charge in [0, 0.05) is 41.5 Å². The second-order valence-electron chi connectivity index (χ2n) is 7.62. The monoisotopic (exact) mass is 453 g/mol. The highest BCUT2D eigenvalue weighted by Crippen LogP contribution is 2.35. The molecular weight excluding hydrogens is 430 g/mol. The van der Waals surface area contributed by atoms with Gasteiger partial charge in [-0.2, -0.15) is 5.26 Å². The summed E-state index contributed by atoms with van der Waals surface area (Å²) in [6.07, 6.45) is 3.95. The average Bonchev–Trinajstić information content (AvgIpc) is 2.77.